The average Bonchev–Trinajstić information content (AvgIpc) is 2.46. The van der Waals surface area contributed by atoms with Gasteiger partial charge in [0.05, 0.1) is 5.71 Å². The zero-order chi connectivity index (χ0) is 12.8. The van der Waals surface area contributed by atoms with Crippen LogP contribution in [-0.2, 0) is 0 Å². The first-order valence-electron chi connectivity index (χ1n) is 5.67. The monoisotopic (exact) mass is 238 g/mol. The summed E-state index contributed by atoms with van der Waals surface area (Å²) in [5.74, 6) is 0. The second-order valence-electron chi connectivity index (χ2n) is 3.89. The van der Waals surface area contributed by atoms with Crippen molar-refractivity contribution in [1.29, 1.82) is 0 Å². The van der Waals surface area contributed by atoms with Crippen molar-refractivity contribution >= 4 is 17.4 Å². The molecule has 0 saturated carbocycles. The second-order valence-corrected chi connectivity index (χ2v) is 3.89. The Hall–Kier alpha value is -2.42. The zero-order valence-electron chi connectivity index (χ0n) is 10.1. The molecule has 0 unspecified atom stereocenters. The lowest BCUT2D eigenvalue weighted by Crippen LogP contribution is -1.97. The van der Waals surface area contributed by atoms with Gasteiger partial charge in [-0.2, -0.15) is 0 Å². The molecule has 3 heteroatoms. The van der Waals surface area contributed by atoms with Gasteiger partial charge in [-0.05, 0) is 36.3 Å². The molecule has 0 aliphatic rings. The van der Waals surface area contributed by atoms with Gasteiger partial charge in [-0.25, -0.2) is 0 Å². The third-order valence-electron chi connectivity index (χ3n) is 2.64. The van der Waals surface area contributed by atoms with Crippen LogP contribution >= 0.6 is 0 Å². The molecule has 0 fully saturated rings. The fourth-order valence-corrected chi connectivity index (χ4v) is 1.69. The second kappa shape index (κ2) is 5.77. The van der Waals surface area contributed by atoms with Crippen molar-refractivity contribution in [2.24, 2.45) is 5.16 Å². The van der Waals surface area contributed by atoms with Gasteiger partial charge in [0.2, 0.25) is 0 Å². The van der Waals surface area contributed by atoms with Crippen LogP contribution in [0.5, 0.6) is 0 Å². The van der Waals surface area contributed by atoms with Gasteiger partial charge in [-0.1, -0.05) is 35.5 Å². The van der Waals surface area contributed by atoms with Crippen LogP contribution in [0.4, 0.5) is 0 Å². The minimum absolute atomic E-state index is 0.581. The predicted molar refractivity (Wildman–Crippen MR) is 73.4 cm³/mol. The molecule has 1 aromatic carbocycles. The Morgan fingerprint density at radius 2 is 1.78 bits per heavy atom. The quantitative estimate of drug-likeness (QED) is 0.505. The number of aromatic nitrogens is 1. The average molecular weight is 238 g/mol. The Bertz CT molecular complexity index is 560. The summed E-state index contributed by atoms with van der Waals surface area (Å²) >= 11 is 0. The van der Waals surface area contributed by atoms with Crippen LogP contribution in [-0.4, -0.2) is 15.9 Å². The van der Waals surface area contributed by atoms with Crippen LogP contribution in [0.2, 0.25) is 0 Å². The van der Waals surface area contributed by atoms with E-state index in [9.17, 15) is 0 Å². The van der Waals surface area contributed by atoms with Gasteiger partial charge in [0, 0.05) is 18.0 Å². The summed E-state index contributed by atoms with van der Waals surface area (Å²) in [6, 6.07) is 13.7. The van der Waals surface area contributed by atoms with Crippen molar-refractivity contribution < 1.29 is 5.21 Å². The van der Waals surface area contributed by atoms with Gasteiger partial charge in [0.1, 0.15) is 0 Å². The fourth-order valence-electron chi connectivity index (χ4n) is 1.69. The Balaban J connectivity index is 2.48. The Kier molecular flexibility index (Phi) is 3.86. The van der Waals surface area contributed by atoms with Crippen molar-refractivity contribution in [1.82, 2.24) is 4.98 Å². The predicted octanol–water partition coefficient (Wildman–Crippen LogP) is 3.47. The molecule has 0 amide bonds. The van der Waals surface area contributed by atoms with Gasteiger partial charge < -0.3 is 5.21 Å². The van der Waals surface area contributed by atoms with Gasteiger partial charge in [0.25, 0.3) is 0 Å². The molecule has 18 heavy (non-hydrogen) atoms. The van der Waals surface area contributed by atoms with Crippen LogP contribution in [0.15, 0.2) is 60.0 Å². The van der Waals surface area contributed by atoms with Crippen molar-refractivity contribution in [3.05, 3.63) is 66.0 Å². The number of hydrogen-bond acceptors (Lipinski definition) is 3. The fraction of sp³-hybridized carbons (Fsp3) is 0.0667. The summed E-state index contributed by atoms with van der Waals surface area (Å²) in [4.78, 5) is 3.98. The summed E-state index contributed by atoms with van der Waals surface area (Å²) in [6.45, 7) is 1.78. The minimum Gasteiger partial charge on any atom is -0.411 e. The van der Waals surface area contributed by atoms with E-state index in [-0.39, 0.29) is 0 Å². The number of hydrogen-bond donors (Lipinski definition) is 1. The van der Waals surface area contributed by atoms with E-state index < -0.39 is 0 Å². The zero-order valence-corrected chi connectivity index (χ0v) is 10.1. The standard InChI is InChI=1S/C15H14N2O/c1-12(17-18)15(14-5-3-2-4-6-14)11-13-7-9-16-10-8-13/h2-11,18H,1H3/b15-11-,17-12-. The first kappa shape index (κ1) is 12.0. The van der Waals surface area contributed by atoms with Gasteiger partial charge in [-0.3, -0.25) is 4.98 Å². The maximum absolute atomic E-state index is 8.98. The molecule has 0 saturated heterocycles. The molecule has 1 aromatic heterocycles. The van der Waals surface area contributed by atoms with E-state index in [0.717, 1.165) is 16.7 Å². The summed E-state index contributed by atoms with van der Waals surface area (Å²) in [6.07, 6.45) is 5.45. The SMILES string of the molecule is CC(=N/O)/C(=C/c1ccncc1)c1ccccc1. The number of oxime groups is 1. The highest BCUT2D eigenvalue weighted by Crippen LogP contribution is 2.19. The lowest BCUT2D eigenvalue weighted by molar-refractivity contribution is 0.319. The molecule has 0 spiro atoms. The van der Waals surface area contributed by atoms with Gasteiger partial charge >= 0.3 is 0 Å². The van der Waals surface area contributed by atoms with Crippen molar-refractivity contribution in [3.63, 3.8) is 0 Å². The Morgan fingerprint density at radius 3 is 2.39 bits per heavy atom. The van der Waals surface area contributed by atoms with E-state index in [0.29, 0.717) is 5.71 Å². The number of pyridine rings is 1. The lowest BCUT2D eigenvalue weighted by atomic mass is 10.00. The third kappa shape index (κ3) is 2.83. The molecule has 2 aromatic rings. The molecule has 0 radical (unpaired) electrons. The van der Waals surface area contributed by atoms with E-state index >= 15 is 0 Å². The van der Waals surface area contributed by atoms with Crippen LogP contribution in [0, 0.1) is 0 Å². The first-order valence-corrected chi connectivity index (χ1v) is 5.67. The summed E-state index contributed by atoms with van der Waals surface area (Å²) < 4.78 is 0. The molecule has 0 aliphatic carbocycles. The van der Waals surface area contributed by atoms with Crippen LogP contribution in [0.1, 0.15) is 18.1 Å². The van der Waals surface area contributed by atoms with Crippen LogP contribution in [0.25, 0.3) is 11.6 Å². The van der Waals surface area contributed by atoms with Gasteiger partial charge in [0.15, 0.2) is 0 Å². The van der Waals surface area contributed by atoms with E-state index in [1.807, 2.05) is 48.5 Å². The Morgan fingerprint density at radius 1 is 1.11 bits per heavy atom. The van der Waals surface area contributed by atoms with Crippen LogP contribution < -0.4 is 0 Å². The number of allylic oxidation sites excluding steroid dienone is 1. The molecule has 1 heterocycles. The molecular weight excluding hydrogens is 224 g/mol. The molecule has 3 nitrogen and oxygen atoms in total. The normalized spacial score (nSPS) is 12.5. The highest BCUT2D eigenvalue weighted by molar-refractivity contribution is 6.26. The highest BCUT2D eigenvalue weighted by Gasteiger charge is 2.05. The summed E-state index contributed by atoms with van der Waals surface area (Å²) in [5.41, 5.74) is 3.51. The van der Waals surface area contributed by atoms with Crippen molar-refractivity contribution in [3.8, 4) is 0 Å². The smallest absolute Gasteiger partial charge is 0.0843 e. The maximum atomic E-state index is 8.98. The first-order chi connectivity index (χ1) is 8.81. The van der Waals surface area contributed by atoms with E-state index in [4.69, 9.17) is 5.21 Å². The van der Waals surface area contributed by atoms with Gasteiger partial charge in [-0.15, -0.1) is 0 Å². The number of benzene rings is 1. The lowest BCUT2D eigenvalue weighted by Gasteiger charge is -2.06. The molecule has 0 atom stereocenters. The minimum atomic E-state index is 0.581. The maximum Gasteiger partial charge on any atom is 0.0843 e. The number of nitrogens with zero attached hydrogens (tertiary/aromatic N) is 2. The third-order valence-corrected chi connectivity index (χ3v) is 2.64. The van der Waals surface area contributed by atoms with Crippen molar-refractivity contribution in [2.75, 3.05) is 0 Å². The van der Waals surface area contributed by atoms with E-state index in [1.165, 1.54) is 0 Å². The molecular formula is C15H14N2O. The molecule has 1 N–H and O–H groups in total. The Labute approximate surface area is 106 Å². The van der Waals surface area contributed by atoms with Crippen molar-refractivity contribution in [2.45, 2.75) is 6.92 Å². The molecule has 90 valence electrons. The molecule has 0 bridgehead atoms. The summed E-state index contributed by atoms with van der Waals surface area (Å²) in [5, 5.41) is 12.3. The summed E-state index contributed by atoms with van der Waals surface area (Å²) in [7, 11) is 0. The van der Waals surface area contributed by atoms with E-state index in [1.54, 1.807) is 19.3 Å². The molecule has 0 aliphatic heterocycles. The largest absolute Gasteiger partial charge is 0.411 e. The van der Waals surface area contributed by atoms with Crippen LogP contribution in [0.3, 0.4) is 0 Å². The molecule has 2 rings (SSSR count). The highest BCUT2D eigenvalue weighted by atomic mass is 16.4. The number of rotatable bonds is 3. The van der Waals surface area contributed by atoms with E-state index in [2.05, 4.69) is 10.1 Å². The topological polar surface area (TPSA) is 45.5 Å².